The highest BCUT2D eigenvalue weighted by Crippen LogP contribution is 2.52. The fraction of sp³-hybridized carbons (Fsp3) is 0.250. The third-order valence-corrected chi connectivity index (χ3v) is 3.98. The quantitative estimate of drug-likeness (QED) is 0.710. The van der Waals surface area contributed by atoms with Gasteiger partial charge in [0.15, 0.2) is 5.60 Å². The Hall–Kier alpha value is -1.47. The molecule has 124 valence electrons. The van der Waals surface area contributed by atoms with Crippen molar-refractivity contribution in [1.29, 1.82) is 0 Å². The maximum atomic E-state index is 14.2. The van der Waals surface area contributed by atoms with Gasteiger partial charge in [-0.05, 0) is 30.2 Å². The normalized spacial score (nSPS) is 15.3. The zero-order valence-corrected chi connectivity index (χ0v) is 13.4. The van der Waals surface area contributed by atoms with Crippen molar-refractivity contribution in [2.75, 3.05) is 0 Å². The van der Waals surface area contributed by atoms with Gasteiger partial charge in [-0.3, -0.25) is 0 Å². The number of aliphatic hydroxyl groups is 1. The van der Waals surface area contributed by atoms with E-state index in [1.54, 1.807) is 0 Å². The molecule has 0 bridgehead atoms. The molecule has 0 heterocycles. The first kappa shape index (κ1) is 17.9. The van der Waals surface area contributed by atoms with Gasteiger partial charge in [-0.1, -0.05) is 57.9 Å². The molecule has 2 rings (SSSR count). The molecule has 0 aromatic heterocycles. The molecule has 0 amide bonds. The number of rotatable bonds is 3. The molecule has 0 saturated carbocycles. The fourth-order valence-electron chi connectivity index (χ4n) is 2.32. The Morgan fingerprint density at radius 3 is 1.87 bits per heavy atom. The molecule has 1 atom stereocenters. The highest BCUT2D eigenvalue weighted by molar-refractivity contribution is 9.10. The summed E-state index contributed by atoms with van der Waals surface area (Å²) in [6.45, 7) is 1.54. The number of hydrogen-bond donors (Lipinski definition) is 1. The number of benzene rings is 2. The number of aryl methyl sites for hydroxylation is 1. The van der Waals surface area contributed by atoms with Gasteiger partial charge < -0.3 is 5.11 Å². The van der Waals surface area contributed by atoms with Crippen LogP contribution >= 0.6 is 15.9 Å². The van der Waals surface area contributed by atoms with E-state index < -0.39 is 28.8 Å². The first-order valence-electron chi connectivity index (χ1n) is 6.50. The van der Waals surface area contributed by atoms with Crippen LogP contribution in [0.1, 0.15) is 16.7 Å². The number of alkyl halides is 5. The van der Waals surface area contributed by atoms with Gasteiger partial charge in [0.2, 0.25) is 0 Å². The van der Waals surface area contributed by atoms with E-state index in [1.165, 1.54) is 31.2 Å². The van der Waals surface area contributed by atoms with Crippen LogP contribution in [0.5, 0.6) is 0 Å². The van der Waals surface area contributed by atoms with Crippen molar-refractivity contribution in [3.63, 3.8) is 0 Å². The number of halogens is 6. The van der Waals surface area contributed by atoms with Crippen LogP contribution in [0.15, 0.2) is 53.0 Å². The Labute approximate surface area is 137 Å². The third-order valence-electron chi connectivity index (χ3n) is 3.49. The molecule has 2 aromatic carbocycles. The molecule has 1 N–H and O–H groups in total. The zero-order chi connectivity index (χ0) is 17.5. The summed E-state index contributed by atoms with van der Waals surface area (Å²) in [6, 6.07) is 9.85. The second kappa shape index (κ2) is 5.87. The van der Waals surface area contributed by atoms with Gasteiger partial charge in [-0.2, -0.15) is 22.0 Å². The second-order valence-corrected chi connectivity index (χ2v) is 6.08. The van der Waals surface area contributed by atoms with Crippen LogP contribution in [0.2, 0.25) is 0 Å². The molecule has 0 aliphatic heterocycles. The van der Waals surface area contributed by atoms with E-state index in [-0.39, 0.29) is 4.47 Å². The topological polar surface area (TPSA) is 20.2 Å². The minimum atomic E-state index is -5.92. The standard InChI is InChI=1S/C16H12BrF5O/c1-10-4-2-5-11(8-10)14(23,15(18,19)16(20,21)22)12-6-3-7-13(17)9-12/h2-9,23H,1H3. The van der Waals surface area contributed by atoms with Gasteiger partial charge in [-0.25, -0.2) is 0 Å². The highest BCUT2D eigenvalue weighted by Gasteiger charge is 2.71. The predicted molar refractivity (Wildman–Crippen MR) is 79.3 cm³/mol. The molecule has 0 aliphatic carbocycles. The summed E-state index contributed by atoms with van der Waals surface area (Å²) in [4.78, 5) is 0. The lowest BCUT2D eigenvalue weighted by Gasteiger charge is -2.37. The zero-order valence-electron chi connectivity index (χ0n) is 11.8. The van der Waals surface area contributed by atoms with Gasteiger partial charge >= 0.3 is 12.1 Å². The van der Waals surface area contributed by atoms with Gasteiger partial charge in [0.25, 0.3) is 0 Å². The van der Waals surface area contributed by atoms with Gasteiger partial charge in [0.1, 0.15) is 0 Å². The van der Waals surface area contributed by atoms with Crippen LogP contribution in [0.4, 0.5) is 22.0 Å². The Balaban J connectivity index is 2.80. The minimum Gasteiger partial charge on any atom is -0.374 e. The largest absolute Gasteiger partial charge is 0.457 e. The van der Waals surface area contributed by atoms with E-state index in [9.17, 15) is 27.1 Å². The third kappa shape index (κ3) is 2.99. The van der Waals surface area contributed by atoms with Crippen LogP contribution in [0.25, 0.3) is 0 Å². The molecular weight excluding hydrogens is 383 g/mol. The van der Waals surface area contributed by atoms with Crippen molar-refractivity contribution in [2.24, 2.45) is 0 Å². The first-order valence-corrected chi connectivity index (χ1v) is 7.29. The molecule has 23 heavy (non-hydrogen) atoms. The molecule has 0 saturated heterocycles. The Bertz CT molecular complexity index is 666. The van der Waals surface area contributed by atoms with E-state index >= 15 is 0 Å². The summed E-state index contributed by atoms with van der Waals surface area (Å²) >= 11 is 3.02. The lowest BCUT2D eigenvalue weighted by Crippen LogP contribution is -2.55. The molecule has 7 heteroatoms. The minimum absolute atomic E-state index is 0.277. The summed E-state index contributed by atoms with van der Waals surface area (Å²) < 4.78 is 67.7. The van der Waals surface area contributed by atoms with E-state index in [0.717, 1.165) is 24.3 Å². The first-order chi connectivity index (χ1) is 10.5. The molecule has 1 unspecified atom stereocenters. The summed E-state index contributed by atoms with van der Waals surface area (Å²) in [5, 5.41) is 10.6. The monoisotopic (exact) mass is 394 g/mol. The predicted octanol–water partition coefficient (Wildman–Crippen LogP) is 5.19. The van der Waals surface area contributed by atoms with Gasteiger partial charge in [0.05, 0.1) is 0 Å². The summed E-state index contributed by atoms with van der Waals surface area (Å²) in [5.41, 5.74) is -4.17. The van der Waals surface area contributed by atoms with Crippen LogP contribution in [-0.4, -0.2) is 17.2 Å². The van der Waals surface area contributed by atoms with E-state index in [0.29, 0.717) is 5.56 Å². The lowest BCUT2D eigenvalue weighted by molar-refractivity contribution is -0.336. The average molecular weight is 395 g/mol. The van der Waals surface area contributed by atoms with Crippen LogP contribution in [0, 0.1) is 6.92 Å². The smallest absolute Gasteiger partial charge is 0.374 e. The molecule has 1 nitrogen and oxygen atoms in total. The van der Waals surface area contributed by atoms with Crippen LogP contribution in [0.3, 0.4) is 0 Å². The van der Waals surface area contributed by atoms with E-state index in [1.807, 2.05) is 0 Å². The Kier molecular flexibility index (Phi) is 4.56. The van der Waals surface area contributed by atoms with Crippen molar-refractivity contribution in [2.45, 2.75) is 24.6 Å². The SMILES string of the molecule is Cc1cccc(C(O)(c2cccc(Br)c2)C(F)(F)C(F)(F)F)c1. The summed E-state index contributed by atoms with van der Waals surface area (Å²) in [6.07, 6.45) is -5.92. The Morgan fingerprint density at radius 2 is 1.39 bits per heavy atom. The highest BCUT2D eigenvalue weighted by atomic mass is 79.9. The van der Waals surface area contributed by atoms with Crippen LogP contribution < -0.4 is 0 Å². The van der Waals surface area contributed by atoms with E-state index in [4.69, 9.17) is 0 Å². The molecule has 0 spiro atoms. The second-order valence-electron chi connectivity index (χ2n) is 5.16. The average Bonchev–Trinajstić information content (AvgIpc) is 2.45. The molecular formula is C16H12BrF5O. The lowest BCUT2D eigenvalue weighted by atomic mass is 9.80. The van der Waals surface area contributed by atoms with Crippen LogP contribution in [-0.2, 0) is 5.60 Å². The summed E-state index contributed by atoms with van der Waals surface area (Å²) in [5.74, 6) is -5.38. The van der Waals surface area contributed by atoms with Crippen molar-refractivity contribution in [3.05, 3.63) is 69.7 Å². The van der Waals surface area contributed by atoms with Crippen molar-refractivity contribution >= 4 is 15.9 Å². The molecule has 0 fully saturated rings. The van der Waals surface area contributed by atoms with Crippen molar-refractivity contribution in [1.82, 2.24) is 0 Å². The fourth-order valence-corrected chi connectivity index (χ4v) is 2.72. The van der Waals surface area contributed by atoms with Crippen molar-refractivity contribution in [3.8, 4) is 0 Å². The van der Waals surface area contributed by atoms with Crippen molar-refractivity contribution < 1.29 is 27.1 Å². The van der Waals surface area contributed by atoms with E-state index in [2.05, 4.69) is 15.9 Å². The van der Waals surface area contributed by atoms with Gasteiger partial charge in [0, 0.05) is 4.47 Å². The van der Waals surface area contributed by atoms with Gasteiger partial charge in [-0.15, -0.1) is 0 Å². The maximum Gasteiger partial charge on any atom is 0.457 e. The summed E-state index contributed by atoms with van der Waals surface area (Å²) in [7, 11) is 0. The maximum absolute atomic E-state index is 14.2. The number of hydrogen-bond acceptors (Lipinski definition) is 1. The Morgan fingerprint density at radius 1 is 0.870 bits per heavy atom. The molecule has 0 aliphatic rings. The molecule has 2 aromatic rings. The molecule has 0 radical (unpaired) electrons.